The molecule has 0 N–H and O–H groups in total. The van der Waals surface area contributed by atoms with Gasteiger partial charge in [-0.15, -0.1) is 0 Å². The van der Waals surface area contributed by atoms with E-state index in [-0.39, 0.29) is 5.92 Å². The van der Waals surface area contributed by atoms with E-state index >= 15 is 0 Å². The second-order valence-electron chi connectivity index (χ2n) is 7.50. The summed E-state index contributed by atoms with van der Waals surface area (Å²) in [5.41, 5.74) is 4.12. The molecule has 0 fully saturated rings. The van der Waals surface area contributed by atoms with Crippen LogP contribution >= 0.6 is 0 Å². The summed E-state index contributed by atoms with van der Waals surface area (Å²) in [6.07, 6.45) is 3.44. The van der Waals surface area contributed by atoms with Crippen LogP contribution in [0.25, 0.3) is 0 Å². The van der Waals surface area contributed by atoms with Gasteiger partial charge in [-0.2, -0.15) is 0 Å². The second kappa shape index (κ2) is 23.4. The maximum absolute atomic E-state index is 10.4. The van der Waals surface area contributed by atoms with Gasteiger partial charge in [0.05, 0.1) is 0 Å². The maximum Gasteiger partial charge on any atom is 0.132 e. The molecule has 1 heteroatoms. The van der Waals surface area contributed by atoms with Crippen LogP contribution in [-0.2, 0) is 4.79 Å². The highest BCUT2D eigenvalue weighted by atomic mass is 16.1. The molecule has 1 nitrogen and oxygen atoms in total. The lowest BCUT2D eigenvalue weighted by Crippen LogP contribution is -2.03. The Hall–Kier alpha value is -1.89. The van der Waals surface area contributed by atoms with E-state index in [1.165, 1.54) is 29.5 Å². The first kappa shape index (κ1) is 32.8. The summed E-state index contributed by atoms with van der Waals surface area (Å²) in [5, 5.41) is 0. The number of benzene rings is 2. The summed E-state index contributed by atoms with van der Waals surface area (Å²) >= 11 is 0. The lowest BCUT2D eigenvalue weighted by molar-refractivity contribution is -0.120. The predicted molar refractivity (Wildman–Crippen MR) is 139 cm³/mol. The fraction of sp³-hybridized carbons (Fsp3) is 0.552. The molecule has 0 bridgehead atoms. The van der Waals surface area contributed by atoms with E-state index in [9.17, 15) is 4.79 Å². The molecule has 2 aromatic rings. The van der Waals surface area contributed by atoms with Crippen molar-refractivity contribution in [1.29, 1.82) is 0 Å². The summed E-state index contributed by atoms with van der Waals surface area (Å²) in [6.45, 7) is 22.6. The van der Waals surface area contributed by atoms with Gasteiger partial charge in [-0.05, 0) is 45.1 Å². The zero-order valence-electron chi connectivity index (χ0n) is 21.9. The number of carbonyl (C=O) groups is 1. The molecule has 0 aliphatic carbocycles. The minimum Gasteiger partial charge on any atom is -0.300 e. The molecular formula is C29H50O. The number of Topliss-reactive ketones (excluding diaryl/α,β-unsaturated/α-hetero) is 1. The number of carbonyl (C=O) groups excluding carboxylic acids is 1. The molecular weight excluding hydrogens is 364 g/mol. The van der Waals surface area contributed by atoms with Crippen molar-refractivity contribution in [3.05, 3.63) is 71.3 Å². The SMILES string of the molecule is CC.CCC.CCC(C)C(C)=O.CCC(C)c1ccc(C)cc1.Cc1ccccc1. The van der Waals surface area contributed by atoms with Crippen LogP contribution in [0, 0.1) is 19.8 Å². The predicted octanol–water partition coefficient (Wildman–Crippen LogP) is 9.57. The van der Waals surface area contributed by atoms with Crippen molar-refractivity contribution < 1.29 is 4.79 Å². The Morgan fingerprint density at radius 3 is 1.37 bits per heavy atom. The first-order valence-corrected chi connectivity index (χ1v) is 11.8. The van der Waals surface area contributed by atoms with E-state index < -0.39 is 0 Å². The second-order valence-corrected chi connectivity index (χ2v) is 7.50. The summed E-state index contributed by atoms with van der Waals surface area (Å²) in [5.74, 6) is 1.26. The highest BCUT2D eigenvalue weighted by Gasteiger charge is 2.01. The molecule has 0 saturated heterocycles. The molecule has 0 spiro atoms. The Kier molecular flexibility index (Phi) is 25.5. The zero-order valence-corrected chi connectivity index (χ0v) is 21.9. The summed E-state index contributed by atoms with van der Waals surface area (Å²) < 4.78 is 0. The average molecular weight is 415 g/mol. The quantitative estimate of drug-likeness (QED) is 0.486. The largest absolute Gasteiger partial charge is 0.300 e. The zero-order chi connectivity index (χ0) is 23.9. The van der Waals surface area contributed by atoms with E-state index in [1.54, 1.807) is 6.92 Å². The Balaban J connectivity index is -0.000000339. The van der Waals surface area contributed by atoms with Crippen molar-refractivity contribution in [2.75, 3.05) is 0 Å². The van der Waals surface area contributed by atoms with Crippen LogP contribution in [0.4, 0.5) is 0 Å². The molecule has 2 rings (SSSR count). The molecule has 0 heterocycles. The van der Waals surface area contributed by atoms with Gasteiger partial charge in [-0.3, -0.25) is 4.79 Å². The topological polar surface area (TPSA) is 17.1 Å². The van der Waals surface area contributed by atoms with Gasteiger partial charge < -0.3 is 0 Å². The smallest absolute Gasteiger partial charge is 0.132 e. The van der Waals surface area contributed by atoms with Crippen molar-refractivity contribution in [3.63, 3.8) is 0 Å². The van der Waals surface area contributed by atoms with E-state index in [0.717, 1.165) is 6.42 Å². The van der Waals surface area contributed by atoms with Gasteiger partial charge in [0.1, 0.15) is 5.78 Å². The molecule has 172 valence electrons. The Morgan fingerprint density at radius 2 is 1.13 bits per heavy atom. The van der Waals surface area contributed by atoms with Crippen LogP contribution in [0.15, 0.2) is 54.6 Å². The van der Waals surface area contributed by atoms with Crippen molar-refractivity contribution in [1.82, 2.24) is 0 Å². The molecule has 2 aromatic carbocycles. The van der Waals surface area contributed by atoms with Crippen LogP contribution in [0.2, 0.25) is 0 Å². The molecule has 0 aromatic heterocycles. The lowest BCUT2D eigenvalue weighted by Gasteiger charge is -2.07. The molecule has 0 radical (unpaired) electrons. The van der Waals surface area contributed by atoms with Crippen LogP contribution in [0.3, 0.4) is 0 Å². The Morgan fingerprint density at radius 1 is 0.733 bits per heavy atom. The molecule has 30 heavy (non-hydrogen) atoms. The lowest BCUT2D eigenvalue weighted by atomic mass is 9.98. The minimum atomic E-state index is 0.264. The molecule has 0 amide bonds. The summed E-state index contributed by atoms with van der Waals surface area (Å²) in [6, 6.07) is 19.1. The van der Waals surface area contributed by atoms with Crippen molar-refractivity contribution in [3.8, 4) is 0 Å². The van der Waals surface area contributed by atoms with Crippen LogP contribution < -0.4 is 0 Å². The third-order valence-electron chi connectivity index (χ3n) is 4.51. The first-order valence-electron chi connectivity index (χ1n) is 11.8. The van der Waals surface area contributed by atoms with Gasteiger partial charge in [0, 0.05) is 5.92 Å². The molecule has 0 saturated carbocycles. The minimum absolute atomic E-state index is 0.264. The van der Waals surface area contributed by atoms with Gasteiger partial charge in [0.25, 0.3) is 0 Å². The van der Waals surface area contributed by atoms with Gasteiger partial charge in [0.2, 0.25) is 0 Å². The Bertz CT molecular complexity index is 584. The van der Waals surface area contributed by atoms with Crippen LogP contribution in [0.1, 0.15) is 104 Å². The highest BCUT2D eigenvalue weighted by Crippen LogP contribution is 2.18. The van der Waals surface area contributed by atoms with Crippen LogP contribution in [-0.4, -0.2) is 5.78 Å². The fourth-order valence-electron chi connectivity index (χ4n) is 1.95. The number of aryl methyl sites for hydroxylation is 2. The highest BCUT2D eigenvalue weighted by molar-refractivity contribution is 5.77. The molecule has 2 unspecified atom stereocenters. The van der Waals surface area contributed by atoms with Gasteiger partial charge in [-0.1, -0.05) is 128 Å². The summed E-state index contributed by atoms with van der Waals surface area (Å²) in [4.78, 5) is 10.4. The average Bonchev–Trinajstić information content (AvgIpc) is 2.76. The number of ketones is 1. The van der Waals surface area contributed by atoms with Gasteiger partial charge in [-0.25, -0.2) is 0 Å². The maximum atomic E-state index is 10.4. The van der Waals surface area contributed by atoms with Gasteiger partial charge >= 0.3 is 0 Å². The number of hydrogen-bond donors (Lipinski definition) is 0. The van der Waals surface area contributed by atoms with E-state index in [4.69, 9.17) is 0 Å². The number of hydrogen-bond acceptors (Lipinski definition) is 1. The monoisotopic (exact) mass is 414 g/mol. The first-order chi connectivity index (χ1) is 14.2. The van der Waals surface area contributed by atoms with Crippen molar-refractivity contribution in [2.45, 2.75) is 101 Å². The van der Waals surface area contributed by atoms with Crippen molar-refractivity contribution >= 4 is 5.78 Å². The van der Waals surface area contributed by atoms with Crippen LogP contribution in [0.5, 0.6) is 0 Å². The van der Waals surface area contributed by atoms with E-state index in [1.807, 2.05) is 45.9 Å². The molecule has 2 atom stereocenters. The normalized spacial score (nSPS) is 10.8. The van der Waals surface area contributed by atoms with E-state index in [0.29, 0.717) is 11.7 Å². The molecule has 0 aliphatic rings. The summed E-state index contributed by atoms with van der Waals surface area (Å²) in [7, 11) is 0. The van der Waals surface area contributed by atoms with E-state index in [2.05, 4.69) is 77.9 Å². The third-order valence-corrected chi connectivity index (χ3v) is 4.51. The Labute approximate surface area is 189 Å². The fourth-order valence-corrected chi connectivity index (χ4v) is 1.95. The van der Waals surface area contributed by atoms with Crippen molar-refractivity contribution in [2.24, 2.45) is 5.92 Å². The van der Waals surface area contributed by atoms with Gasteiger partial charge in [0.15, 0.2) is 0 Å². The number of rotatable bonds is 4. The molecule has 0 aliphatic heterocycles. The standard InChI is InChI=1S/C11H16.C7H8.C6H12O.C3H8.C2H6/c1-4-10(3)11-7-5-9(2)6-8-11;1-7-5-3-2-4-6-7;1-4-5(2)6(3)7;1-3-2;1-2/h5-8,10H,4H2,1-3H3;2-6H,1H3;5H,4H2,1-3H3;3H2,1-2H3;1-2H3. The third kappa shape index (κ3) is 20.8.